The highest BCUT2D eigenvalue weighted by Crippen LogP contribution is 2.34. The monoisotopic (exact) mass is 1040 g/mol. The van der Waals surface area contributed by atoms with E-state index in [1.54, 1.807) is 36.9 Å². The molecular formula is C51H70N12O10S. The van der Waals surface area contributed by atoms with Crippen LogP contribution >= 0.6 is 11.3 Å². The van der Waals surface area contributed by atoms with Gasteiger partial charge in [-0.25, -0.2) is 19.6 Å². The van der Waals surface area contributed by atoms with Crippen molar-refractivity contribution in [2.24, 2.45) is 5.41 Å². The number of carbonyl (C=O) groups excluding carboxylic acids is 4. The van der Waals surface area contributed by atoms with Crippen LogP contribution in [0.15, 0.2) is 40.6 Å². The third-order valence-corrected chi connectivity index (χ3v) is 12.9. The lowest BCUT2D eigenvalue weighted by Crippen LogP contribution is -2.57. The summed E-state index contributed by atoms with van der Waals surface area (Å²) in [6.07, 6.45) is 2.46. The maximum absolute atomic E-state index is 14.0. The molecule has 0 bridgehead atoms. The predicted molar refractivity (Wildman–Crippen MR) is 277 cm³/mol. The van der Waals surface area contributed by atoms with Gasteiger partial charge in [0, 0.05) is 45.4 Å². The molecule has 0 aliphatic carbocycles. The van der Waals surface area contributed by atoms with E-state index in [-0.39, 0.29) is 75.0 Å². The molecule has 6 rings (SSSR count). The van der Waals surface area contributed by atoms with Crippen molar-refractivity contribution in [2.45, 2.75) is 117 Å². The van der Waals surface area contributed by atoms with Crippen molar-refractivity contribution in [3.05, 3.63) is 52.9 Å². The molecule has 400 valence electrons. The number of aromatic nitrogens is 6. The molecule has 5 heterocycles. The van der Waals surface area contributed by atoms with E-state index in [1.807, 2.05) is 63.5 Å². The number of hydrogen-bond donors (Lipinski definition) is 7. The summed E-state index contributed by atoms with van der Waals surface area (Å²) in [5.41, 5.74) is 10.5. The highest BCUT2D eigenvalue weighted by atomic mass is 32.1. The Morgan fingerprint density at radius 1 is 0.946 bits per heavy atom. The van der Waals surface area contributed by atoms with Gasteiger partial charge in [-0.05, 0) is 86.4 Å². The fourth-order valence-electron chi connectivity index (χ4n) is 8.09. The minimum atomic E-state index is -1.24. The van der Waals surface area contributed by atoms with Gasteiger partial charge < -0.3 is 60.9 Å². The number of thiazole rings is 1. The van der Waals surface area contributed by atoms with E-state index in [9.17, 15) is 29.4 Å². The maximum Gasteiger partial charge on any atom is 0.246 e. The molecule has 1 fully saturated rings. The van der Waals surface area contributed by atoms with Crippen molar-refractivity contribution in [3.63, 3.8) is 0 Å². The number of β-amino-alcohol motifs (C(OH)–C–C–N with tert-alkyl or cyclic N) is 1. The number of carbonyl (C=O) groups is 4. The maximum atomic E-state index is 14.0. The number of aliphatic hydroxyl groups is 2. The zero-order valence-corrected chi connectivity index (χ0v) is 44.1. The number of fused-ring (bicyclic) bond motifs is 1. The highest BCUT2D eigenvalue weighted by Gasteiger charge is 2.44. The molecule has 0 unspecified atom stereocenters. The number of aryl methyl sites for hydroxylation is 2. The highest BCUT2D eigenvalue weighted by molar-refractivity contribution is 7.13. The molecule has 1 aliphatic rings. The summed E-state index contributed by atoms with van der Waals surface area (Å²) in [4.78, 5) is 68.8. The third kappa shape index (κ3) is 16.0. The first-order valence-corrected chi connectivity index (χ1v) is 25.8. The molecule has 0 spiro atoms. The fourth-order valence-corrected chi connectivity index (χ4v) is 8.90. The Morgan fingerprint density at radius 2 is 1.69 bits per heavy atom. The number of nitrogen functional groups attached to an aromatic ring is 1. The lowest BCUT2D eigenvalue weighted by molar-refractivity contribution is -0.144. The minimum Gasteiger partial charge on any atom is -0.490 e. The van der Waals surface area contributed by atoms with Crippen LogP contribution in [0.3, 0.4) is 0 Å². The fraction of sp³-hybridized carbons (Fsp3) is 0.549. The van der Waals surface area contributed by atoms with Gasteiger partial charge in [0.15, 0.2) is 23.1 Å². The summed E-state index contributed by atoms with van der Waals surface area (Å²) in [5.74, 6) is 5.43. The number of nitrogens with zero attached hydrogens (tertiary/aromatic N) is 7. The zero-order valence-electron chi connectivity index (χ0n) is 43.3. The molecule has 1 saturated heterocycles. The van der Waals surface area contributed by atoms with Crippen molar-refractivity contribution in [1.82, 2.24) is 56.0 Å². The summed E-state index contributed by atoms with van der Waals surface area (Å²) in [5, 5.41) is 40.3. The summed E-state index contributed by atoms with van der Waals surface area (Å²) in [6, 6.07) is 6.01. The second-order valence-electron chi connectivity index (χ2n) is 19.5. The van der Waals surface area contributed by atoms with Crippen LogP contribution < -0.4 is 31.7 Å². The molecule has 3 atom stereocenters. The largest absolute Gasteiger partial charge is 0.490 e. The van der Waals surface area contributed by atoms with Gasteiger partial charge in [-0.2, -0.15) is 0 Å². The summed E-state index contributed by atoms with van der Waals surface area (Å²) in [6.45, 7) is 16.2. The van der Waals surface area contributed by atoms with Gasteiger partial charge in [0.2, 0.25) is 23.6 Å². The van der Waals surface area contributed by atoms with Gasteiger partial charge >= 0.3 is 0 Å². The minimum absolute atomic E-state index is 0.00177. The van der Waals surface area contributed by atoms with Crippen LogP contribution in [0.4, 0.5) is 5.82 Å². The van der Waals surface area contributed by atoms with Crippen molar-refractivity contribution in [3.8, 4) is 39.5 Å². The standard InChI is InChI=1S/C51H70N12O10S/c1-8-62-43-38(29-55-36(16-18-51(6,7)69)41(43)59-47(62)42-46(52)61-73-60-42)72-22-10-20-53-19-9-11-39(65)54-21-24-71-26-25-70-23-17-40(66)58-45(50(3,4)5)49(68)63-30-35(64)27-37(63)48(67)56-28-33-12-14-34(15-13-33)44-32(2)57-31-74-44/h12-15,29,31,35,37,45,53,64,69H,8-11,17,19-28,30H2,1-7H3,(H2,52,61)(H,54,65)(H,56,67)(H,58,66)/t35-,37+,45-/m1/s1. The topological polar surface area (TPSA) is 296 Å². The average Bonchev–Trinajstić information content (AvgIpc) is 4.17. The molecule has 5 aromatic rings. The predicted octanol–water partition coefficient (Wildman–Crippen LogP) is 3.13. The summed E-state index contributed by atoms with van der Waals surface area (Å²) < 4.78 is 24.1. The Morgan fingerprint density at radius 3 is 2.36 bits per heavy atom. The Hall–Kier alpha value is -6.55. The Labute approximate surface area is 434 Å². The van der Waals surface area contributed by atoms with Crippen molar-refractivity contribution >= 4 is 51.8 Å². The molecule has 1 aromatic carbocycles. The number of pyridine rings is 1. The first-order chi connectivity index (χ1) is 35.3. The van der Waals surface area contributed by atoms with E-state index < -0.39 is 35.1 Å². The molecular weight excluding hydrogens is 973 g/mol. The Kier molecular flexibility index (Phi) is 20.4. The SMILES string of the molecule is CCn1c(-c2nonc2N)nc2c(C#CC(C)(C)O)ncc(OCCCNCCCC(=O)NCCOCCOCCC(=O)N[C@H](C(=O)N3C[C@H](O)C[C@H]3C(=O)NCc3ccc(-c4scnc4C)cc3)C(C)(C)C)c21. The van der Waals surface area contributed by atoms with Crippen LogP contribution in [0.25, 0.3) is 33.0 Å². The molecule has 0 saturated carbocycles. The lowest BCUT2D eigenvalue weighted by Gasteiger charge is -2.35. The number of ether oxygens (including phenoxy) is 3. The van der Waals surface area contributed by atoms with Gasteiger partial charge in [0.05, 0.1) is 61.4 Å². The van der Waals surface area contributed by atoms with Gasteiger partial charge in [0.25, 0.3) is 0 Å². The number of anilines is 1. The molecule has 0 radical (unpaired) electrons. The van der Waals surface area contributed by atoms with E-state index in [0.717, 1.165) is 21.7 Å². The van der Waals surface area contributed by atoms with Crippen molar-refractivity contribution < 1.29 is 48.2 Å². The first-order valence-electron chi connectivity index (χ1n) is 24.9. The van der Waals surface area contributed by atoms with Crippen molar-refractivity contribution in [1.29, 1.82) is 0 Å². The van der Waals surface area contributed by atoms with E-state index in [2.05, 4.69) is 53.4 Å². The second-order valence-corrected chi connectivity index (χ2v) is 20.3. The molecule has 23 heteroatoms. The van der Waals surface area contributed by atoms with E-state index in [0.29, 0.717) is 87.0 Å². The van der Waals surface area contributed by atoms with Gasteiger partial charge in [0.1, 0.15) is 34.4 Å². The molecule has 74 heavy (non-hydrogen) atoms. The van der Waals surface area contributed by atoms with E-state index in [4.69, 9.17) is 29.6 Å². The lowest BCUT2D eigenvalue weighted by atomic mass is 9.85. The van der Waals surface area contributed by atoms with Crippen LogP contribution in [0, 0.1) is 24.2 Å². The van der Waals surface area contributed by atoms with Gasteiger partial charge in [-0.1, -0.05) is 51.0 Å². The number of nitrogens with two attached hydrogens (primary N) is 1. The third-order valence-electron chi connectivity index (χ3n) is 11.9. The normalized spacial score (nSPS) is 15.2. The molecule has 4 aromatic heterocycles. The van der Waals surface area contributed by atoms with Crippen LogP contribution in [0.2, 0.25) is 0 Å². The first kappa shape index (κ1) is 56.7. The number of rotatable bonds is 26. The number of hydrogen-bond acceptors (Lipinski definition) is 18. The Bertz CT molecular complexity index is 2730. The molecule has 22 nitrogen and oxygen atoms in total. The Balaban J connectivity index is 0.814. The second kappa shape index (κ2) is 26.6. The van der Waals surface area contributed by atoms with Gasteiger partial charge in [-0.15, -0.1) is 11.3 Å². The van der Waals surface area contributed by atoms with Gasteiger partial charge in [-0.3, -0.25) is 19.2 Å². The quantitative estimate of drug-likeness (QED) is 0.0309. The van der Waals surface area contributed by atoms with E-state index in [1.165, 1.54) is 4.90 Å². The van der Waals surface area contributed by atoms with Crippen LogP contribution in [0.1, 0.15) is 90.6 Å². The summed E-state index contributed by atoms with van der Waals surface area (Å²) >= 11 is 1.57. The van der Waals surface area contributed by atoms with E-state index >= 15 is 0 Å². The molecule has 1 aliphatic heterocycles. The van der Waals surface area contributed by atoms with Crippen LogP contribution in [-0.2, 0) is 41.7 Å². The summed E-state index contributed by atoms with van der Waals surface area (Å²) in [7, 11) is 0. The number of imidazole rings is 1. The van der Waals surface area contributed by atoms with Crippen LogP contribution in [-0.4, -0.2) is 152 Å². The average molecular weight is 1040 g/mol. The number of likely N-dealkylation sites (tertiary alicyclic amines) is 1. The smallest absolute Gasteiger partial charge is 0.246 e. The number of nitrogens with one attached hydrogen (secondary N) is 4. The number of benzene rings is 1. The number of aliphatic hydroxyl groups excluding tert-OH is 1. The number of amides is 4. The molecule has 4 amide bonds. The van der Waals surface area contributed by atoms with Crippen molar-refractivity contribution in [2.75, 3.05) is 64.9 Å². The van der Waals surface area contributed by atoms with Crippen LogP contribution in [0.5, 0.6) is 5.75 Å². The molecule has 8 N–H and O–H groups in total. The zero-order chi connectivity index (χ0) is 53.4.